The van der Waals surface area contributed by atoms with Crippen LogP contribution in [0, 0.1) is 19.3 Å². The molecule has 0 aliphatic heterocycles. The second-order valence-electron chi connectivity index (χ2n) is 9.22. The van der Waals surface area contributed by atoms with E-state index in [9.17, 15) is 4.79 Å². The number of hydrogen-bond acceptors (Lipinski definition) is 4. The van der Waals surface area contributed by atoms with E-state index in [1.54, 1.807) is 7.11 Å². The number of amides is 1. The third-order valence-corrected chi connectivity index (χ3v) is 5.99. The molecule has 1 aromatic carbocycles. The summed E-state index contributed by atoms with van der Waals surface area (Å²) in [5.74, 6) is 0.858. The Morgan fingerprint density at radius 2 is 2.00 bits per heavy atom. The highest BCUT2D eigenvalue weighted by atomic mass is 16.5. The Morgan fingerprint density at radius 1 is 1.26 bits per heavy atom. The van der Waals surface area contributed by atoms with E-state index < -0.39 is 0 Å². The first-order valence-electron chi connectivity index (χ1n) is 10.8. The van der Waals surface area contributed by atoms with Gasteiger partial charge in [0.1, 0.15) is 5.75 Å². The van der Waals surface area contributed by atoms with Crippen molar-refractivity contribution in [2.75, 3.05) is 7.11 Å². The molecular weight excluding hydrogens is 390 g/mol. The van der Waals surface area contributed by atoms with Gasteiger partial charge in [-0.05, 0) is 62.4 Å². The number of nitrogens with zero attached hydrogens (tertiary/aromatic N) is 4. The predicted molar refractivity (Wildman–Crippen MR) is 119 cm³/mol. The summed E-state index contributed by atoms with van der Waals surface area (Å²) in [6.45, 7) is 9.06. The van der Waals surface area contributed by atoms with Crippen molar-refractivity contribution in [3.8, 4) is 11.4 Å². The number of aryl methyl sites for hydroxylation is 3. The first-order chi connectivity index (χ1) is 14.8. The summed E-state index contributed by atoms with van der Waals surface area (Å²) in [4.78, 5) is 12.8. The normalized spacial score (nSPS) is 17.3. The number of ether oxygens (including phenoxy) is 1. The molecule has 0 radical (unpaired) electrons. The van der Waals surface area contributed by atoms with Crippen LogP contribution in [0.15, 0.2) is 36.5 Å². The van der Waals surface area contributed by atoms with Crippen molar-refractivity contribution >= 4 is 5.91 Å². The Kier molecular flexibility index (Phi) is 5.60. The average Bonchev–Trinajstić information content (AvgIpc) is 3.27. The molecule has 7 nitrogen and oxygen atoms in total. The maximum Gasteiger partial charge on any atom is 0.222 e. The van der Waals surface area contributed by atoms with Crippen LogP contribution in [0.1, 0.15) is 55.4 Å². The number of benzene rings is 1. The summed E-state index contributed by atoms with van der Waals surface area (Å²) in [5.41, 5.74) is 5.37. The first-order valence-corrected chi connectivity index (χ1v) is 10.8. The Hall–Kier alpha value is -3.09. The Balaban J connectivity index is 1.52. The van der Waals surface area contributed by atoms with Crippen LogP contribution in [-0.4, -0.2) is 32.6 Å². The minimum Gasteiger partial charge on any atom is -0.497 e. The van der Waals surface area contributed by atoms with Crippen LogP contribution in [0.5, 0.6) is 5.75 Å². The van der Waals surface area contributed by atoms with Gasteiger partial charge in [-0.2, -0.15) is 10.2 Å². The fourth-order valence-corrected chi connectivity index (χ4v) is 4.49. The lowest BCUT2D eigenvalue weighted by Crippen LogP contribution is -2.37. The van der Waals surface area contributed by atoms with Crippen LogP contribution in [0.2, 0.25) is 0 Å². The third-order valence-electron chi connectivity index (χ3n) is 5.99. The van der Waals surface area contributed by atoms with E-state index in [1.165, 1.54) is 0 Å². The van der Waals surface area contributed by atoms with Gasteiger partial charge in [0, 0.05) is 24.2 Å². The smallest absolute Gasteiger partial charge is 0.222 e. The molecule has 4 rings (SSSR count). The molecule has 0 saturated carbocycles. The number of hydrogen-bond donors (Lipinski definition) is 1. The number of nitrogens with one attached hydrogen (secondary N) is 1. The Labute approximate surface area is 183 Å². The van der Waals surface area contributed by atoms with Crippen LogP contribution in [0.4, 0.5) is 0 Å². The molecule has 0 spiro atoms. The van der Waals surface area contributed by atoms with E-state index in [0.29, 0.717) is 13.0 Å². The van der Waals surface area contributed by atoms with Gasteiger partial charge in [0.25, 0.3) is 0 Å². The molecule has 7 heteroatoms. The molecule has 1 aliphatic carbocycles. The summed E-state index contributed by atoms with van der Waals surface area (Å²) in [5, 5.41) is 12.4. The standard InChI is InChI=1S/C24H31N5O2/c1-16-12-17(2)28(27-16)11-10-23(30)26-21-13-24(3,4)14-22-20(21)15-25-29(22)18-6-8-19(31-5)9-7-18/h6-9,12,15,21H,10-11,13-14H2,1-5H3,(H,26,30)/t21-/m1/s1. The zero-order valence-corrected chi connectivity index (χ0v) is 19.0. The molecule has 2 heterocycles. The van der Waals surface area contributed by atoms with Crippen molar-refractivity contribution in [1.82, 2.24) is 24.9 Å². The number of carbonyl (C=O) groups excluding carboxylic acids is 1. The zero-order chi connectivity index (χ0) is 22.2. The number of fused-ring (bicyclic) bond motifs is 1. The molecule has 0 saturated heterocycles. The van der Waals surface area contributed by atoms with Gasteiger partial charge in [0.15, 0.2) is 0 Å². The predicted octanol–water partition coefficient (Wildman–Crippen LogP) is 3.91. The molecule has 1 atom stereocenters. The molecule has 1 amide bonds. The van der Waals surface area contributed by atoms with E-state index in [4.69, 9.17) is 4.74 Å². The number of rotatable bonds is 6. The van der Waals surface area contributed by atoms with Crippen LogP contribution < -0.4 is 10.1 Å². The van der Waals surface area contributed by atoms with Crippen molar-refractivity contribution in [1.29, 1.82) is 0 Å². The van der Waals surface area contributed by atoms with E-state index in [-0.39, 0.29) is 17.4 Å². The number of aromatic nitrogens is 4. The average molecular weight is 422 g/mol. The van der Waals surface area contributed by atoms with Crippen LogP contribution in [-0.2, 0) is 17.8 Å². The Morgan fingerprint density at radius 3 is 2.65 bits per heavy atom. The van der Waals surface area contributed by atoms with Gasteiger partial charge in [0.05, 0.1) is 36.4 Å². The maximum atomic E-state index is 12.8. The van der Waals surface area contributed by atoms with Crippen molar-refractivity contribution in [2.24, 2.45) is 5.41 Å². The van der Waals surface area contributed by atoms with Crippen molar-refractivity contribution in [2.45, 2.75) is 59.5 Å². The van der Waals surface area contributed by atoms with E-state index in [0.717, 1.165) is 46.9 Å². The lowest BCUT2D eigenvalue weighted by Gasteiger charge is -2.36. The van der Waals surface area contributed by atoms with Crippen molar-refractivity contribution in [3.05, 3.63) is 59.2 Å². The number of carbonyl (C=O) groups is 1. The van der Waals surface area contributed by atoms with E-state index in [1.807, 2.05) is 59.7 Å². The molecule has 0 unspecified atom stereocenters. The van der Waals surface area contributed by atoms with Crippen molar-refractivity contribution in [3.63, 3.8) is 0 Å². The van der Waals surface area contributed by atoms with E-state index >= 15 is 0 Å². The minimum absolute atomic E-state index is 0.0402. The van der Waals surface area contributed by atoms with Crippen LogP contribution >= 0.6 is 0 Å². The molecule has 31 heavy (non-hydrogen) atoms. The van der Waals surface area contributed by atoms with Crippen LogP contribution in [0.25, 0.3) is 5.69 Å². The SMILES string of the molecule is COc1ccc(-n2ncc3c2CC(C)(C)C[C@H]3NC(=O)CCn2nc(C)cc2C)cc1. The maximum absolute atomic E-state index is 12.8. The van der Waals surface area contributed by atoms with Gasteiger partial charge >= 0.3 is 0 Å². The molecular formula is C24H31N5O2. The molecule has 164 valence electrons. The first kappa shape index (κ1) is 21.2. The molecule has 1 N–H and O–H groups in total. The van der Waals surface area contributed by atoms with Crippen LogP contribution in [0.3, 0.4) is 0 Å². The highest BCUT2D eigenvalue weighted by Crippen LogP contribution is 2.41. The van der Waals surface area contributed by atoms with Gasteiger partial charge in [-0.1, -0.05) is 13.8 Å². The summed E-state index contributed by atoms with van der Waals surface area (Å²) in [6.07, 6.45) is 4.11. The summed E-state index contributed by atoms with van der Waals surface area (Å²) >= 11 is 0. The highest BCUT2D eigenvalue weighted by Gasteiger charge is 2.36. The fraction of sp³-hybridized carbons (Fsp3) is 0.458. The van der Waals surface area contributed by atoms with Crippen molar-refractivity contribution < 1.29 is 9.53 Å². The zero-order valence-electron chi connectivity index (χ0n) is 19.0. The summed E-state index contributed by atoms with van der Waals surface area (Å²) in [6, 6.07) is 9.89. The second-order valence-corrected chi connectivity index (χ2v) is 9.22. The quantitative estimate of drug-likeness (QED) is 0.655. The summed E-state index contributed by atoms with van der Waals surface area (Å²) < 4.78 is 9.16. The van der Waals surface area contributed by atoms with Gasteiger partial charge in [-0.3, -0.25) is 9.48 Å². The Bertz CT molecular complexity index is 1080. The molecule has 0 bridgehead atoms. The molecule has 0 fully saturated rings. The van der Waals surface area contributed by atoms with Gasteiger partial charge in [-0.25, -0.2) is 4.68 Å². The lowest BCUT2D eigenvalue weighted by atomic mass is 9.74. The molecule has 2 aromatic heterocycles. The second kappa shape index (κ2) is 8.21. The molecule has 1 aliphatic rings. The van der Waals surface area contributed by atoms with Gasteiger partial charge < -0.3 is 10.1 Å². The topological polar surface area (TPSA) is 74.0 Å². The monoisotopic (exact) mass is 421 g/mol. The van der Waals surface area contributed by atoms with Gasteiger partial charge in [-0.15, -0.1) is 0 Å². The largest absolute Gasteiger partial charge is 0.497 e. The lowest BCUT2D eigenvalue weighted by molar-refractivity contribution is -0.122. The highest BCUT2D eigenvalue weighted by molar-refractivity contribution is 5.76. The molecule has 3 aromatic rings. The minimum atomic E-state index is -0.0429. The van der Waals surface area contributed by atoms with Gasteiger partial charge in [0.2, 0.25) is 5.91 Å². The fourth-order valence-electron chi connectivity index (χ4n) is 4.49. The summed E-state index contributed by atoms with van der Waals surface area (Å²) in [7, 11) is 1.66. The van der Waals surface area contributed by atoms with E-state index in [2.05, 4.69) is 29.4 Å². The third kappa shape index (κ3) is 4.50. The number of methoxy groups -OCH3 is 1.